The first-order valence-corrected chi connectivity index (χ1v) is 48.4. The summed E-state index contributed by atoms with van der Waals surface area (Å²) >= 11 is 0. The summed E-state index contributed by atoms with van der Waals surface area (Å²) in [7, 11) is 0. The van der Waals surface area contributed by atoms with Crippen LogP contribution >= 0.6 is 0 Å². The Bertz CT molecular complexity index is 3090. The number of aliphatic hydroxyl groups excluding tert-OH is 4. The molecule has 886 valence electrons. The SMILES string of the molecule is C.C.C.C.C.C.C.C.C.C.C.C.C.C.C.C.CC1C2CC(CC(O)(C(F)(F)F)C(F)(F)F)C(C2)C1C.CC1C2CC(CC(O)(C(F)(F)F)C(F)(F)F)C(C2)C1C.CC1C2CC(CC(O)(C(F)(F)F)C(F)(F)F)C(C2)C1C.CC1C2CC(CC(O)(C(F)(F)F)C(F)(F)F)C(C2)C1C.CC1C2CC(CCCO)C(C2)C1C.CC1C2CC(CCO)C(C2)C1C.CC1C2CC(CO)C(C2)C1C.CC1C2CC(COCO)C(C2)C1C. The van der Waals surface area contributed by atoms with Crippen LogP contribution in [0.2, 0.25) is 0 Å². The van der Waals surface area contributed by atoms with Crippen molar-refractivity contribution in [1.82, 2.24) is 0 Å². The second-order valence-electron chi connectivity index (χ2n) is 45.3. The van der Waals surface area contributed by atoms with E-state index in [0.717, 1.165) is 132 Å². The second-order valence-corrected chi connectivity index (χ2v) is 45.3. The van der Waals surface area contributed by atoms with Crippen LogP contribution in [0.4, 0.5) is 105 Å². The second kappa shape index (κ2) is 58.8. The quantitative estimate of drug-likeness (QED) is 0.0522. The Morgan fingerprint density at radius 2 is 0.345 bits per heavy atom. The van der Waals surface area contributed by atoms with Gasteiger partial charge in [-0.3, -0.25) is 0 Å². The standard InChI is InChI=1S/4C13H18F6O.C12H22O.C11H20O2.C11H20O.C10H18O.16CH4/c4*1-6-7(2)10-4-8(6)3-9(10)5-11(20,12(14,15)16)13(17,18)19;1-8-9(2)12-7-11(8)6-10(12)4-3-5-13;1-7-8(2)11-4-9(7)3-10(11)5-13-6-12;1-7-8(2)11-6-10(7)5-9(11)3-4-12;1-6-7(2)10-4-8(6)3-9(10)5-11;;;;;;;;;;;;;;;;/h4*6-10,20H,3-5H2,1-2H3;8-13H,3-7H2,1-2H3;7-12H,3-6H2,1-2H3;7-12H,3-6H2,1-2H3;6-11H,3-5H2,1-2H3;16*1H4. The summed E-state index contributed by atoms with van der Waals surface area (Å²) in [6, 6.07) is 0. The molecule has 33 heteroatoms. The Kier molecular flexibility index (Phi) is 64.2. The number of fused-ring (bicyclic) bond motifs is 16. The Morgan fingerprint density at radius 3 is 0.497 bits per heavy atom. The van der Waals surface area contributed by atoms with Crippen molar-refractivity contribution < 1.29 is 151 Å². The maximum atomic E-state index is 12.7. The average Bonchev–Trinajstić information content (AvgIpc) is 1.24. The van der Waals surface area contributed by atoms with Gasteiger partial charge in [-0.05, 0) is 384 Å². The molecule has 9 nitrogen and oxygen atoms in total. The van der Waals surface area contributed by atoms with Gasteiger partial charge in [0.15, 0.2) is 0 Å². The van der Waals surface area contributed by atoms with Gasteiger partial charge in [-0.2, -0.15) is 105 Å². The smallest absolute Gasteiger partial charge is 0.396 e. The van der Waals surface area contributed by atoms with E-state index in [-0.39, 0.29) is 197 Å². The molecule has 16 aliphatic carbocycles. The molecule has 16 saturated carbocycles. The van der Waals surface area contributed by atoms with Crippen molar-refractivity contribution in [3.05, 3.63) is 0 Å². The highest BCUT2D eigenvalue weighted by Crippen LogP contribution is 2.67. The zero-order chi connectivity index (χ0) is 97.6. The third-order valence-electron chi connectivity index (χ3n) is 40.1. The van der Waals surface area contributed by atoms with E-state index in [1.807, 2.05) is 55.4 Å². The summed E-state index contributed by atoms with van der Waals surface area (Å²) < 4.78 is 310. The minimum Gasteiger partial charge on any atom is -0.396 e. The maximum Gasteiger partial charge on any atom is 0.426 e. The van der Waals surface area contributed by atoms with E-state index < -0.39 is 121 Å². The molecule has 0 radical (unpaired) electrons. The summed E-state index contributed by atoms with van der Waals surface area (Å²) in [5.74, 6) is 17.2. The van der Waals surface area contributed by atoms with Gasteiger partial charge in [-0.1, -0.05) is 230 Å². The van der Waals surface area contributed by atoms with E-state index in [1.54, 1.807) is 0 Å². The lowest BCUT2D eigenvalue weighted by molar-refractivity contribution is -0.374. The van der Waals surface area contributed by atoms with Crippen molar-refractivity contribution in [3.8, 4) is 0 Å². The van der Waals surface area contributed by atoms with Crippen molar-refractivity contribution in [2.24, 2.45) is 237 Å². The van der Waals surface area contributed by atoms with Crippen molar-refractivity contribution in [2.45, 2.75) is 449 Å². The van der Waals surface area contributed by atoms with Crippen LogP contribution in [0.1, 0.15) is 377 Å². The van der Waals surface area contributed by atoms with Gasteiger partial charge in [0.05, 0.1) is 6.61 Å². The van der Waals surface area contributed by atoms with Crippen LogP contribution in [0.25, 0.3) is 0 Å². The van der Waals surface area contributed by atoms with E-state index >= 15 is 0 Å². The summed E-state index contributed by atoms with van der Waals surface area (Å²) in [4.78, 5) is 0. The number of halogens is 24. The zero-order valence-electron chi connectivity index (χ0n) is 78.0. The highest BCUT2D eigenvalue weighted by Gasteiger charge is 2.76. The molecule has 0 aliphatic heterocycles. The molecule has 40 unspecified atom stereocenters. The van der Waals surface area contributed by atoms with Crippen LogP contribution in [0.3, 0.4) is 0 Å². The van der Waals surface area contributed by atoms with Gasteiger partial charge in [0.2, 0.25) is 0 Å². The molecule has 0 aromatic heterocycles. The van der Waals surface area contributed by atoms with E-state index in [1.165, 1.54) is 57.8 Å². The first kappa shape index (κ1) is 158. The Morgan fingerprint density at radius 1 is 0.193 bits per heavy atom. The van der Waals surface area contributed by atoms with Gasteiger partial charge in [0.1, 0.15) is 6.79 Å². The van der Waals surface area contributed by atoms with Crippen LogP contribution in [-0.2, 0) is 4.74 Å². The van der Waals surface area contributed by atoms with E-state index in [4.69, 9.17) is 25.2 Å². The number of hydrogen-bond acceptors (Lipinski definition) is 9. The summed E-state index contributed by atoms with van der Waals surface area (Å²) in [6.45, 7) is 36.5. The Balaban J connectivity index is -0.000000245. The molecule has 16 aliphatic rings. The molecule has 40 atom stereocenters. The summed E-state index contributed by atoms with van der Waals surface area (Å²) in [6.07, 6.45) is -31.9. The van der Waals surface area contributed by atoms with E-state index in [0.29, 0.717) is 101 Å². The number of aliphatic hydroxyl groups is 8. The van der Waals surface area contributed by atoms with E-state index in [9.17, 15) is 126 Å². The monoisotopic (exact) mass is 2160 g/mol. The van der Waals surface area contributed by atoms with Crippen molar-refractivity contribution >= 4 is 0 Å². The lowest BCUT2D eigenvalue weighted by Crippen LogP contribution is -2.58. The van der Waals surface area contributed by atoms with Gasteiger partial charge in [-0.25, -0.2) is 0 Å². The summed E-state index contributed by atoms with van der Waals surface area (Å²) in [5.41, 5.74) is -18.3. The third-order valence-corrected chi connectivity index (χ3v) is 40.1. The van der Waals surface area contributed by atoms with Crippen LogP contribution in [0.15, 0.2) is 0 Å². The average molecular weight is 2160 g/mol. The highest BCUT2D eigenvalue weighted by atomic mass is 19.4. The molecule has 145 heavy (non-hydrogen) atoms. The van der Waals surface area contributed by atoms with Crippen LogP contribution in [-0.4, -0.2) is 146 Å². The number of rotatable bonds is 17. The molecule has 0 amide bonds. The number of alkyl halides is 24. The first-order valence-electron chi connectivity index (χ1n) is 48.4. The molecule has 0 aromatic carbocycles. The maximum absolute atomic E-state index is 12.7. The molecule has 16 rings (SSSR count). The fourth-order valence-electron chi connectivity index (χ4n) is 30.6. The normalized spacial score (nSPS) is 38.5. The van der Waals surface area contributed by atoms with Crippen LogP contribution < -0.4 is 0 Å². The van der Waals surface area contributed by atoms with Gasteiger partial charge in [-0.15, -0.1) is 0 Å². The van der Waals surface area contributed by atoms with Crippen LogP contribution in [0.5, 0.6) is 0 Å². The fraction of sp³-hybridized carbons (Fsp3) is 1.00. The van der Waals surface area contributed by atoms with Gasteiger partial charge >= 0.3 is 49.4 Å². The third kappa shape index (κ3) is 32.0. The van der Waals surface area contributed by atoms with E-state index in [2.05, 4.69) is 55.4 Å². The lowest BCUT2D eigenvalue weighted by Gasteiger charge is -2.39. The van der Waals surface area contributed by atoms with Crippen LogP contribution in [0, 0.1) is 237 Å². The Hall–Kier alpha value is -2.04. The molecule has 16 fully saturated rings. The summed E-state index contributed by atoms with van der Waals surface area (Å²) in [5, 5.41) is 72.5. The molecule has 0 aromatic rings. The molecule has 8 N–H and O–H groups in total. The first-order chi connectivity index (χ1) is 59.0. The fourth-order valence-corrected chi connectivity index (χ4v) is 30.6. The predicted octanol–water partition coefficient (Wildman–Crippen LogP) is 35.6. The molecular weight excluding hydrogens is 1950 g/mol. The van der Waals surface area contributed by atoms with Gasteiger partial charge in [0, 0.05) is 19.8 Å². The minimum absolute atomic E-state index is 0. The predicted molar refractivity (Wildman–Crippen MR) is 547 cm³/mol. The molecule has 0 saturated heterocycles. The topological polar surface area (TPSA) is 171 Å². The van der Waals surface area contributed by atoms with Gasteiger partial charge < -0.3 is 45.6 Å². The van der Waals surface area contributed by atoms with Gasteiger partial charge in [0.25, 0.3) is 22.4 Å². The number of hydrogen-bond donors (Lipinski definition) is 8. The zero-order valence-corrected chi connectivity index (χ0v) is 78.0. The molecule has 16 bridgehead atoms. The van der Waals surface area contributed by atoms with Crippen molar-refractivity contribution in [2.75, 3.05) is 33.2 Å². The number of ether oxygens (including phenoxy) is 1. The highest BCUT2D eigenvalue weighted by molar-refractivity contribution is 5.10. The van der Waals surface area contributed by atoms with Crippen molar-refractivity contribution in [3.63, 3.8) is 0 Å². The lowest BCUT2D eigenvalue weighted by atomic mass is 9.72. The molecule has 0 spiro atoms. The Labute approximate surface area is 866 Å². The largest absolute Gasteiger partial charge is 0.426 e. The van der Waals surface area contributed by atoms with Crippen molar-refractivity contribution in [1.29, 1.82) is 0 Å². The molecular formula is C112H216F24O9. The molecule has 0 heterocycles. The minimum atomic E-state index is -5.69.